The molecule has 0 aliphatic carbocycles. The molecule has 0 saturated heterocycles. The number of hydrogen-bond acceptors (Lipinski definition) is 3. The topological polar surface area (TPSA) is 45.0 Å². The third-order valence-electron chi connectivity index (χ3n) is 2.65. The van der Waals surface area contributed by atoms with Crippen LogP contribution >= 0.6 is 0 Å². The van der Waals surface area contributed by atoms with Crippen molar-refractivity contribution in [3.8, 4) is 11.8 Å². The van der Waals surface area contributed by atoms with Gasteiger partial charge in [0.05, 0.1) is 6.07 Å². The molecule has 3 nitrogen and oxygen atoms in total. The Morgan fingerprint density at radius 3 is 2.22 bits per heavy atom. The molecule has 98 valence electrons. The van der Waals surface area contributed by atoms with Crippen molar-refractivity contribution in [3.05, 3.63) is 29.8 Å². The SMILES string of the molecule is CC(C)NC(C#N)COc1ccc(C(C)C)cc1. The lowest BCUT2D eigenvalue weighted by molar-refractivity contribution is 0.282. The molecule has 0 aliphatic heterocycles. The van der Waals surface area contributed by atoms with E-state index in [0.29, 0.717) is 12.5 Å². The summed E-state index contributed by atoms with van der Waals surface area (Å²) in [6.07, 6.45) is 0. The highest BCUT2D eigenvalue weighted by molar-refractivity contribution is 5.29. The summed E-state index contributed by atoms with van der Waals surface area (Å²) in [7, 11) is 0. The Morgan fingerprint density at radius 1 is 1.17 bits per heavy atom. The Morgan fingerprint density at radius 2 is 1.78 bits per heavy atom. The fourth-order valence-corrected chi connectivity index (χ4v) is 1.65. The molecule has 1 N–H and O–H groups in total. The normalized spacial score (nSPS) is 12.5. The van der Waals surface area contributed by atoms with Crippen LogP contribution < -0.4 is 10.1 Å². The number of nitriles is 1. The van der Waals surface area contributed by atoms with Crippen LogP contribution in [0, 0.1) is 11.3 Å². The van der Waals surface area contributed by atoms with Crippen LogP contribution in [0.1, 0.15) is 39.2 Å². The highest BCUT2D eigenvalue weighted by Crippen LogP contribution is 2.18. The first-order valence-corrected chi connectivity index (χ1v) is 6.41. The molecule has 0 aromatic heterocycles. The first kappa shape index (κ1) is 14.5. The number of rotatable bonds is 6. The third kappa shape index (κ3) is 4.77. The third-order valence-corrected chi connectivity index (χ3v) is 2.65. The van der Waals surface area contributed by atoms with Crippen molar-refractivity contribution in [2.24, 2.45) is 0 Å². The van der Waals surface area contributed by atoms with Crippen molar-refractivity contribution in [1.82, 2.24) is 5.32 Å². The van der Waals surface area contributed by atoms with E-state index in [1.165, 1.54) is 5.56 Å². The van der Waals surface area contributed by atoms with E-state index in [4.69, 9.17) is 10.00 Å². The zero-order valence-electron chi connectivity index (χ0n) is 11.6. The summed E-state index contributed by atoms with van der Waals surface area (Å²) in [5.74, 6) is 1.33. The number of hydrogen-bond donors (Lipinski definition) is 1. The molecule has 0 fully saturated rings. The molecule has 0 saturated carbocycles. The zero-order valence-corrected chi connectivity index (χ0v) is 11.6. The Hall–Kier alpha value is -1.53. The molecular formula is C15H22N2O. The molecule has 0 aliphatic rings. The van der Waals surface area contributed by atoms with Gasteiger partial charge in [0.15, 0.2) is 0 Å². The van der Waals surface area contributed by atoms with Gasteiger partial charge in [0.25, 0.3) is 0 Å². The molecule has 1 rings (SSSR count). The zero-order chi connectivity index (χ0) is 13.5. The van der Waals surface area contributed by atoms with Gasteiger partial charge >= 0.3 is 0 Å². The van der Waals surface area contributed by atoms with Crippen LogP contribution in [-0.2, 0) is 0 Å². The van der Waals surface area contributed by atoms with Gasteiger partial charge in [-0.2, -0.15) is 5.26 Å². The lowest BCUT2D eigenvalue weighted by Gasteiger charge is -2.15. The molecule has 1 aromatic carbocycles. The molecule has 1 atom stereocenters. The maximum absolute atomic E-state index is 8.98. The largest absolute Gasteiger partial charge is 0.491 e. The van der Waals surface area contributed by atoms with Crippen molar-refractivity contribution in [3.63, 3.8) is 0 Å². The Bertz CT molecular complexity index is 390. The lowest BCUT2D eigenvalue weighted by atomic mass is 10.0. The van der Waals surface area contributed by atoms with E-state index in [0.717, 1.165) is 5.75 Å². The van der Waals surface area contributed by atoms with Crippen molar-refractivity contribution in [1.29, 1.82) is 5.26 Å². The van der Waals surface area contributed by atoms with Gasteiger partial charge in [0.1, 0.15) is 18.4 Å². The van der Waals surface area contributed by atoms with Crippen LogP contribution in [0.25, 0.3) is 0 Å². The molecule has 0 radical (unpaired) electrons. The van der Waals surface area contributed by atoms with Crippen LogP contribution in [-0.4, -0.2) is 18.7 Å². The molecular weight excluding hydrogens is 224 g/mol. The van der Waals surface area contributed by atoms with E-state index in [1.807, 2.05) is 26.0 Å². The van der Waals surface area contributed by atoms with E-state index >= 15 is 0 Å². The summed E-state index contributed by atoms with van der Waals surface area (Å²) in [4.78, 5) is 0. The van der Waals surface area contributed by atoms with Crippen molar-refractivity contribution in [2.75, 3.05) is 6.61 Å². The minimum absolute atomic E-state index is 0.269. The molecule has 3 heteroatoms. The summed E-state index contributed by atoms with van der Waals surface area (Å²) in [5.41, 5.74) is 1.29. The smallest absolute Gasteiger partial charge is 0.130 e. The Balaban J connectivity index is 2.50. The highest BCUT2D eigenvalue weighted by atomic mass is 16.5. The van der Waals surface area contributed by atoms with E-state index in [9.17, 15) is 0 Å². The van der Waals surface area contributed by atoms with Crippen LogP contribution in [0.15, 0.2) is 24.3 Å². The predicted octanol–water partition coefficient (Wildman–Crippen LogP) is 3.08. The van der Waals surface area contributed by atoms with Gasteiger partial charge < -0.3 is 4.74 Å². The minimum atomic E-state index is -0.269. The second-order valence-corrected chi connectivity index (χ2v) is 5.04. The molecule has 1 unspecified atom stereocenters. The van der Waals surface area contributed by atoms with Gasteiger partial charge in [-0.15, -0.1) is 0 Å². The van der Waals surface area contributed by atoms with E-state index in [1.54, 1.807) is 0 Å². The second kappa shape index (κ2) is 7.03. The highest BCUT2D eigenvalue weighted by Gasteiger charge is 2.09. The average molecular weight is 246 g/mol. The van der Waals surface area contributed by atoms with Crippen LogP contribution in [0.4, 0.5) is 0 Å². The fraction of sp³-hybridized carbons (Fsp3) is 0.533. The van der Waals surface area contributed by atoms with Gasteiger partial charge in [-0.05, 0) is 37.5 Å². The summed E-state index contributed by atoms with van der Waals surface area (Å²) < 4.78 is 5.61. The summed E-state index contributed by atoms with van der Waals surface area (Å²) >= 11 is 0. The molecule has 18 heavy (non-hydrogen) atoms. The Kier molecular flexibility index (Phi) is 5.67. The number of ether oxygens (including phenoxy) is 1. The maximum Gasteiger partial charge on any atom is 0.130 e. The quantitative estimate of drug-likeness (QED) is 0.839. The number of nitrogens with zero attached hydrogens (tertiary/aromatic N) is 1. The predicted molar refractivity (Wildman–Crippen MR) is 73.7 cm³/mol. The van der Waals surface area contributed by atoms with E-state index < -0.39 is 0 Å². The van der Waals surface area contributed by atoms with Gasteiger partial charge in [0.2, 0.25) is 0 Å². The fourth-order valence-electron chi connectivity index (χ4n) is 1.65. The molecule has 0 heterocycles. The van der Waals surface area contributed by atoms with Crippen LogP contribution in [0.3, 0.4) is 0 Å². The second-order valence-electron chi connectivity index (χ2n) is 5.04. The van der Waals surface area contributed by atoms with E-state index in [2.05, 4.69) is 37.4 Å². The minimum Gasteiger partial charge on any atom is -0.491 e. The maximum atomic E-state index is 8.98. The lowest BCUT2D eigenvalue weighted by Crippen LogP contribution is -2.37. The van der Waals surface area contributed by atoms with Gasteiger partial charge in [0, 0.05) is 6.04 Å². The molecule has 0 spiro atoms. The average Bonchev–Trinajstić information content (AvgIpc) is 2.34. The number of nitrogens with one attached hydrogen (secondary N) is 1. The first-order valence-electron chi connectivity index (χ1n) is 6.41. The van der Waals surface area contributed by atoms with Gasteiger partial charge in [-0.3, -0.25) is 5.32 Å². The van der Waals surface area contributed by atoms with Crippen molar-refractivity contribution in [2.45, 2.75) is 45.7 Å². The van der Waals surface area contributed by atoms with Crippen molar-refractivity contribution < 1.29 is 4.74 Å². The summed E-state index contributed by atoms with van der Waals surface area (Å²) in [6, 6.07) is 10.3. The molecule has 1 aromatic rings. The Labute approximate surface area is 110 Å². The van der Waals surface area contributed by atoms with Gasteiger partial charge in [-0.1, -0.05) is 26.0 Å². The molecule has 0 amide bonds. The van der Waals surface area contributed by atoms with Crippen LogP contribution in [0.2, 0.25) is 0 Å². The standard InChI is InChI=1S/C15H22N2O/c1-11(2)13-5-7-15(8-6-13)18-10-14(9-16)17-12(3)4/h5-8,11-12,14,17H,10H2,1-4H3. The monoisotopic (exact) mass is 246 g/mol. The summed E-state index contributed by atoms with van der Waals surface area (Å²) in [6.45, 7) is 8.72. The van der Waals surface area contributed by atoms with E-state index in [-0.39, 0.29) is 12.1 Å². The van der Waals surface area contributed by atoms with Crippen molar-refractivity contribution >= 4 is 0 Å². The molecule has 0 bridgehead atoms. The first-order chi connectivity index (χ1) is 8.52. The van der Waals surface area contributed by atoms with Crippen LogP contribution in [0.5, 0.6) is 5.75 Å². The van der Waals surface area contributed by atoms with Gasteiger partial charge in [-0.25, -0.2) is 0 Å². The summed E-state index contributed by atoms with van der Waals surface area (Å²) in [5, 5.41) is 12.1. The number of benzene rings is 1.